The average molecular weight is 450 g/mol. The molecule has 1 aromatic heterocycles. The van der Waals surface area contributed by atoms with Gasteiger partial charge >= 0.3 is 0 Å². The van der Waals surface area contributed by atoms with Crippen LogP contribution in [0, 0.1) is 5.92 Å². The number of carbonyl (C=O) groups excluding carboxylic acids is 1. The van der Waals surface area contributed by atoms with Crippen molar-refractivity contribution in [3.63, 3.8) is 0 Å². The van der Waals surface area contributed by atoms with Crippen molar-refractivity contribution >= 4 is 27.3 Å². The third-order valence-corrected chi connectivity index (χ3v) is 9.09. The van der Waals surface area contributed by atoms with Crippen molar-refractivity contribution in [2.24, 2.45) is 5.92 Å². The Hall–Kier alpha value is -1.74. The maximum Gasteiger partial charge on any atom is 0.252 e. The Morgan fingerprint density at radius 2 is 1.80 bits per heavy atom. The Labute approximate surface area is 183 Å². The number of hydrogen-bond acceptors (Lipinski definition) is 5. The second-order valence-corrected chi connectivity index (χ2v) is 10.6. The van der Waals surface area contributed by atoms with Crippen LogP contribution in [-0.4, -0.2) is 56.3 Å². The molecule has 8 heteroatoms. The summed E-state index contributed by atoms with van der Waals surface area (Å²) in [6.07, 6.45) is 1.11. The van der Waals surface area contributed by atoms with Crippen LogP contribution in [0.4, 0.5) is 0 Å². The van der Waals surface area contributed by atoms with Gasteiger partial charge in [-0.05, 0) is 42.9 Å². The molecular weight excluding hydrogens is 418 g/mol. The first-order chi connectivity index (χ1) is 14.5. The summed E-state index contributed by atoms with van der Waals surface area (Å²) in [6.45, 7) is 7.40. The molecule has 1 aromatic carbocycles. The molecule has 0 aliphatic carbocycles. The molecule has 30 heavy (non-hydrogen) atoms. The topological polar surface area (TPSA) is 69.7 Å². The number of nitrogens with zero attached hydrogens (tertiary/aromatic N) is 2. The van der Waals surface area contributed by atoms with E-state index in [0.29, 0.717) is 36.7 Å². The summed E-state index contributed by atoms with van der Waals surface area (Å²) in [7, 11) is -3.43. The standard InChI is InChI=1S/C22H31N3O3S2/c1-3-24(4-2)20(18-9-6-5-7-10-18)17-23-22(26)19-12-14-25(15-13-19)30(27,28)21-11-8-16-29-21/h5-11,16,19-20H,3-4,12-15,17H2,1-2H3,(H,23,26)/t20-/m1/s1. The van der Waals surface area contributed by atoms with Crippen molar-refractivity contribution in [2.75, 3.05) is 32.7 Å². The molecule has 0 unspecified atom stereocenters. The number of amides is 1. The van der Waals surface area contributed by atoms with Gasteiger partial charge < -0.3 is 5.32 Å². The van der Waals surface area contributed by atoms with E-state index in [1.165, 1.54) is 21.2 Å². The maximum absolute atomic E-state index is 12.8. The van der Waals surface area contributed by atoms with Crippen LogP contribution < -0.4 is 5.32 Å². The number of hydrogen-bond donors (Lipinski definition) is 1. The Morgan fingerprint density at radius 1 is 1.13 bits per heavy atom. The highest BCUT2D eigenvalue weighted by molar-refractivity contribution is 7.91. The lowest BCUT2D eigenvalue weighted by atomic mass is 9.97. The zero-order valence-corrected chi connectivity index (χ0v) is 19.3. The van der Waals surface area contributed by atoms with Gasteiger partial charge in [0.2, 0.25) is 5.91 Å². The predicted molar refractivity (Wildman–Crippen MR) is 121 cm³/mol. The van der Waals surface area contributed by atoms with Crippen LogP contribution in [-0.2, 0) is 14.8 Å². The Bertz CT molecular complexity index is 889. The Kier molecular flexibility index (Phi) is 8.05. The van der Waals surface area contributed by atoms with Gasteiger partial charge in [0.05, 0.1) is 6.04 Å². The van der Waals surface area contributed by atoms with Crippen LogP contribution in [0.15, 0.2) is 52.1 Å². The number of benzene rings is 1. The molecule has 1 N–H and O–H groups in total. The van der Waals surface area contributed by atoms with E-state index >= 15 is 0 Å². The summed E-state index contributed by atoms with van der Waals surface area (Å²) in [6, 6.07) is 13.8. The number of sulfonamides is 1. The van der Waals surface area contributed by atoms with Crippen LogP contribution in [0.25, 0.3) is 0 Å². The molecule has 0 bridgehead atoms. The van der Waals surface area contributed by atoms with Crippen molar-refractivity contribution in [3.05, 3.63) is 53.4 Å². The molecule has 1 saturated heterocycles. The normalized spacial score (nSPS) is 17.2. The minimum atomic E-state index is -3.43. The lowest BCUT2D eigenvalue weighted by Crippen LogP contribution is -2.44. The number of likely N-dealkylation sites (N-methyl/N-ethyl adjacent to an activating group) is 1. The van der Waals surface area contributed by atoms with Gasteiger partial charge in [-0.25, -0.2) is 8.42 Å². The SMILES string of the molecule is CCN(CC)[C@H](CNC(=O)C1CCN(S(=O)(=O)c2cccs2)CC1)c1ccccc1. The molecule has 164 valence electrons. The molecule has 0 saturated carbocycles. The molecule has 1 amide bonds. The van der Waals surface area contributed by atoms with Gasteiger partial charge in [0.15, 0.2) is 0 Å². The molecule has 1 atom stereocenters. The Morgan fingerprint density at radius 3 is 2.37 bits per heavy atom. The van der Waals surface area contributed by atoms with E-state index in [1.54, 1.807) is 17.5 Å². The zero-order valence-electron chi connectivity index (χ0n) is 17.7. The fourth-order valence-corrected chi connectivity index (χ4v) is 6.65. The van der Waals surface area contributed by atoms with E-state index in [0.717, 1.165) is 13.1 Å². The first-order valence-electron chi connectivity index (χ1n) is 10.6. The van der Waals surface area contributed by atoms with Gasteiger partial charge in [-0.2, -0.15) is 4.31 Å². The van der Waals surface area contributed by atoms with Crippen molar-refractivity contribution in [3.8, 4) is 0 Å². The Balaban J connectivity index is 1.57. The molecular formula is C22H31N3O3S2. The summed E-state index contributed by atoms with van der Waals surface area (Å²) in [5.41, 5.74) is 1.19. The first-order valence-corrected chi connectivity index (χ1v) is 12.9. The summed E-state index contributed by atoms with van der Waals surface area (Å²) in [4.78, 5) is 15.2. The molecule has 6 nitrogen and oxygen atoms in total. The van der Waals surface area contributed by atoms with Crippen molar-refractivity contribution in [2.45, 2.75) is 36.9 Å². The number of nitrogens with one attached hydrogen (secondary N) is 1. The van der Waals surface area contributed by atoms with Crippen molar-refractivity contribution in [1.29, 1.82) is 0 Å². The number of rotatable bonds is 9. The van der Waals surface area contributed by atoms with E-state index in [9.17, 15) is 13.2 Å². The van der Waals surface area contributed by atoms with Crippen LogP contribution in [0.5, 0.6) is 0 Å². The lowest BCUT2D eigenvalue weighted by molar-refractivity contribution is -0.126. The monoisotopic (exact) mass is 449 g/mol. The molecule has 3 rings (SSSR count). The summed E-state index contributed by atoms with van der Waals surface area (Å²) >= 11 is 1.23. The van der Waals surface area contributed by atoms with E-state index in [-0.39, 0.29) is 17.9 Å². The third-order valence-electron chi connectivity index (χ3n) is 5.82. The largest absolute Gasteiger partial charge is 0.354 e. The minimum Gasteiger partial charge on any atom is -0.354 e. The number of piperidine rings is 1. The number of thiophene rings is 1. The van der Waals surface area contributed by atoms with Crippen LogP contribution in [0.3, 0.4) is 0 Å². The molecule has 0 radical (unpaired) electrons. The minimum absolute atomic E-state index is 0.0243. The summed E-state index contributed by atoms with van der Waals surface area (Å²) < 4.78 is 27.2. The summed E-state index contributed by atoms with van der Waals surface area (Å²) in [5.74, 6) is -0.121. The maximum atomic E-state index is 12.8. The number of carbonyl (C=O) groups is 1. The molecule has 1 fully saturated rings. The van der Waals surface area contributed by atoms with Gasteiger partial charge in [0, 0.05) is 25.6 Å². The van der Waals surface area contributed by atoms with Gasteiger partial charge in [-0.1, -0.05) is 50.2 Å². The van der Waals surface area contributed by atoms with Gasteiger partial charge in [0.25, 0.3) is 10.0 Å². The van der Waals surface area contributed by atoms with Gasteiger partial charge in [-0.3, -0.25) is 9.69 Å². The quantitative estimate of drug-likeness (QED) is 0.637. The first kappa shape index (κ1) is 22.9. The van der Waals surface area contributed by atoms with Crippen LogP contribution >= 0.6 is 11.3 Å². The predicted octanol–water partition coefficient (Wildman–Crippen LogP) is 3.35. The van der Waals surface area contributed by atoms with Crippen molar-refractivity contribution < 1.29 is 13.2 Å². The van der Waals surface area contributed by atoms with E-state index in [2.05, 4.69) is 36.2 Å². The van der Waals surface area contributed by atoms with Crippen LogP contribution in [0.1, 0.15) is 38.3 Å². The molecule has 2 heterocycles. The highest BCUT2D eigenvalue weighted by Crippen LogP contribution is 2.27. The molecule has 2 aromatic rings. The third kappa shape index (κ3) is 5.29. The highest BCUT2D eigenvalue weighted by Gasteiger charge is 2.32. The van der Waals surface area contributed by atoms with Crippen LogP contribution in [0.2, 0.25) is 0 Å². The van der Waals surface area contributed by atoms with Crippen molar-refractivity contribution in [1.82, 2.24) is 14.5 Å². The van der Waals surface area contributed by atoms with E-state index < -0.39 is 10.0 Å². The second kappa shape index (κ2) is 10.5. The van der Waals surface area contributed by atoms with E-state index in [1.807, 2.05) is 18.2 Å². The van der Waals surface area contributed by atoms with E-state index in [4.69, 9.17) is 0 Å². The molecule has 1 aliphatic heterocycles. The molecule has 1 aliphatic rings. The fourth-order valence-electron chi connectivity index (χ4n) is 4.03. The lowest BCUT2D eigenvalue weighted by Gasteiger charge is -2.32. The molecule has 0 spiro atoms. The zero-order chi connectivity index (χ0) is 21.6. The van der Waals surface area contributed by atoms with Gasteiger partial charge in [-0.15, -0.1) is 11.3 Å². The smallest absolute Gasteiger partial charge is 0.252 e. The summed E-state index contributed by atoms with van der Waals surface area (Å²) in [5, 5.41) is 4.90. The highest BCUT2D eigenvalue weighted by atomic mass is 32.2. The fraction of sp³-hybridized carbons (Fsp3) is 0.500. The second-order valence-electron chi connectivity index (χ2n) is 7.50. The van der Waals surface area contributed by atoms with Gasteiger partial charge in [0.1, 0.15) is 4.21 Å². The average Bonchev–Trinajstić information content (AvgIpc) is 3.33.